The van der Waals surface area contributed by atoms with Crippen molar-refractivity contribution < 1.29 is 15.3 Å². The first-order chi connectivity index (χ1) is 10.1. The largest absolute Gasteiger partial charge is 0.508 e. The van der Waals surface area contributed by atoms with E-state index in [-0.39, 0.29) is 5.75 Å². The van der Waals surface area contributed by atoms with Gasteiger partial charge in [-0.2, -0.15) is 0 Å². The van der Waals surface area contributed by atoms with E-state index >= 15 is 0 Å². The molecule has 0 aromatic heterocycles. The number of phenols is 2. The summed E-state index contributed by atoms with van der Waals surface area (Å²) in [6, 6.07) is 1.70. The lowest BCUT2D eigenvalue weighted by Crippen LogP contribution is -1.92. The summed E-state index contributed by atoms with van der Waals surface area (Å²) in [5, 5.41) is 28.6. The quantitative estimate of drug-likeness (QED) is 0.443. The molecule has 120 valence electrons. The maximum Gasteiger partial charge on any atom is 0.122 e. The van der Waals surface area contributed by atoms with Crippen molar-refractivity contribution in [3.63, 3.8) is 0 Å². The number of aliphatic hydroxyl groups excluding tert-OH is 1. The van der Waals surface area contributed by atoms with Crippen LogP contribution in [0.25, 0.3) is 0 Å². The van der Waals surface area contributed by atoms with Crippen molar-refractivity contribution in [2.75, 3.05) is 6.61 Å². The SMILES string of the molecule is Cc1c(O)cc(CCCCCCCCCCO)c(O)c1C. The summed E-state index contributed by atoms with van der Waals surface area (Å²) in [6.45, 7) is 3.98. The van der Waals surface area contributed by atoms with Gasteiger partial charge in [0.05, 0.1) is 0 Å². The molecule has 0 amide bonds. The maximum absolute atomic E-state index is 10.1. The van der Waals surface area contributed by atoms with E-state index in [1.807, 2.05) is 13.8 Å². The van der Waals surface area contributed by atoms with Gasteiger partial charge in [-0.1, -0.05) is 38.5 Å². The number of hydrogen-bond acceptors (Lipinski definition) is 3. The van der Waals surface area contributed by atoms with Gasteiger partial charge < -0.3 is 15.3 Å². The van der Waals surface area contributed by atoms with Crippen LogP contribution in [0.15, 0.2) is 6.07 Å². The molecule has 0 aliphatic heterocycles. The van der Waals surface area contributed by atoms with Gasteiger partial charge in [0.1, 0.15) is 11.5 Å². The first-order valence-electron chi connectivity index (χ1n) is 8.19. The van der Waals surface area contributed by atoms with Gasteiger partial charge in [-0.15, -0.1) is 0 Å². The van der Waals surface area contributed by atoms with E-state index in [1.165, 1.54) is 25.7 Å². The summed E-state index contributed by atoms with van der Waals surface area (Å²) in [6.07, 6.45) is 10.0. The molecule has 1 aromatic rings. The number of hydrogen-bond donors (Lipinski definition) is 3. The van der Waals surface area contributed by atoms with Crippen molar-refractivity contribution in [1.29, 1.82) is 0 Å². The molecule has 21 heavy (non-hydrogen) atoms. The molecule has 1 aromatic carbocycles. The molecule has 3 heteroatoms. The first kappa shape index (κ1) is 17.8. The molecule has 0 atom stereocenters. The zero-order valence-electron chi connectivity index (χ0n) is 13.5. The highest BCUT2D eigenvalue weighted by Crippen LogP contribution is 2.32. The molecule has 1 rings (SSSR count). The molecule has 0 heterocycles. The third kappa shape index (κ3) is 5.96. The molecule has 3 N–H and O–H groups in total. The second-order valence-electron chi connectivity index (χ2n) is 5.96. The van der Waals surface area contributed by atoms with Crippen molar-refractivity contribution in [2.45, 2.75) is 71.6 Å². The van der Waals surface area contributed by atoms with Crippen molar-refractivity contribution in [2.24, 2.45) is 0 Å². The van der Waals surface area contributed by atoms with Crippen LogP contribution in [0.5, 0.6) is 11.5 Å². The van der Waals surface area contributed by atoms with Crippen LogP contribution < -0.4 is 0 Å². The average molecular weight is 294 g/mol. The van der Waals surface area contributed by atoms with Crippen LogP contribution >= 0.6 is 0 Å². The highest BCUT2D eigenvalue weighted by molar-refractivity contribution is 5.51. The predicted molar refractivity (Wildman–Crippen MR) is 87.0 cm³/mol. The Hall–Kier alpha value is -1.22. The van der Waals surface area contributed by atoms with Gasteiger partial charge in [0.2, 0.25) is 0 Å². The first-order valence-corrected chi connectivity index (χ1v) is 8.19. The number of aliphatic hydroxyl groups is 1. The van der Waals surface area contributed by atoms with E-state index in [1.54, 1.807) is 6.07 Å². The van der Waals surface area contributed by atoms with Crippen LogP contribution in [0, 0.1) is 13.8 Å². The number of aromatic hydroxyl groups is 2. The van der Waals surface area contributed by atoms with Gasteiger partial charge >= 0.3 is 0 Å². The number of aryl methyl sites for hydroxylation is 1. The zero-order valence-corrected chi connectivity index (χ0v) is 13.5. The Labute approximate surface area is 128 Å². The maximum atomic E-state index is 10.1. The lowest BCUT2D eigenvalue weighted by molar-refractivity contribution is 0.282. The van der Waals surface area contributed by atoms with Crippen LogP contribution in [0.1, 0.15) is 68.1 Å². The van der Waals surface area contributed by atoms with Gasteiger partial charge in [-0.3, -0.25) is 0 Å². The molecule has 0 saturated carbocycles. The minimum atomic E-state index is 0.282. The van der Waals surface area contributed by atoms with Gasteiger partial charge in [-0.25, -0.2) is 0 Å². The highest BCUT2D eigenvalue weighted by atomic mass is 16.3. The van der Waals surface area contributed by atoms with Crippen LogP contribution in [0.2, 0.25) is 0 Å². The summed E-state index contributed by atoms with van der Waals surface area (Å²) in [5.74, 6) is 0.624. The number of phenolic OH excluding ortho intramolecular Hbond substituents is 2. The Morgan fingerprint density at radius 3 is 1.86 bits per heavy atom. The van der Waals surface area contributed by atoms with E-state index in [9.17, 15) is 10.2 Å². The van der Waals surface area contributed by atoms with E-state index < -0.39 is 0 Å². The molecule has 0 spiro atoms. The summed E-state index contributed by atoms with van der Waals surface area (Å²) >= 11 is 0. The Morgan fingerprint density at radius 1 is 0.762 bits per heavy atom. The third-order valence-electron chi connectivity index (χ3n) is 4.27. The Balaban J connectivity index is 2.22. The summed E-state index contributed by atoms with van der Waals surface area (Å²) < 4.78 is 0. The fourth-order valence-corrected chi connectivity index (χ4v) is 2.63. The molecule has 3 nitrogen and oxygen atoms in total. The third-order valence-corrected chi connectivity index (χ3v) is 4.27. The second kappa shape index (κ2) is 9.67. The molecule has 0 bridgehead atoms. The van der Waals surface area contributed by atoms with Crippen LogP contribution in [0.3, 0.4) is 0 Å². The molecule has 0 radical (unpaired) electrons. The lowest BCUT2D eigenvalue weighted by atomic mass is 9.98. The van der Waals surface area contributed by atoms with E-state index in [4.69, 9.17) is 5.11 Å². The highest BCUT2D eigenvalue weighted by Gasteiger charge is 2.10. The number of unbranched alkanes of at least 4 members (excludes halogenated alkanes) is 7. The molecular weight excluding hydrogens is 264 g/mol. The van der Waals surface area contributed by atoms with E-state index in [2.05, 4.69) is 0 Å². The minimum absolute atomic E-state index is 0.282. The molecule has 0 fully saturated rings. The van der Waals surface area contributed by atoms with E-state index in [0.717, 1.165) is 48.8 Å². The van der Waals surface area contributed by atoms with Gasteiger partial charge in [0, 0.05) is 6.61 Å². The number of rotatable bonds is 10. The monoisotopic (exact) mass is 294 g/mol. The average Bonchev–Trinajstić information content (AvgIpc) is 2.48. The van der Waals surface area contributed by atoms with Crippen molar-refractivity contribution in [3.05, 3.63) is 22.8 Å². The molecule has 0 aliphatic carbocycles. The van der Waals surface area contributed by atoms with Gasteiger partial charge in [-0.05, 0) is 55.9 Å². The summed E-state index contributed by atoms with van der Waals surface area (Å²) in [7, 11) is 0. The molecule has 0 unspecified atom stereocenters. The Bertz CT molecular complexity index is 427. The van der Waals surface area contributed by atoms with Crippen molar-refractivity contribution in [3.8, 4) is 11.5 Å². The topological polar surface area (TPSA) is 60.7 Å². The van der Waals surface area contributed by atoms with Crippen LogP contribution in [0.4, 0.5) is 0 Å². The molecule has 0 saturated heterocycles. The van der Waals surface area contributed by atoms with Crippen LogP contribution in [-0.4, -0.2) is 21.9 Å². The summed E-state index contributed by atoms with van der Waals surface area (Å²) in [4.78, 5) is 0. The van der Waals surface area contributed by atoms with Gasteiger partial charge in [0.15, 0.2) is 0 Å². The fraction of sp³-hybridized carbons (Fsp3) is 0.667. The number of benzene rings is 1. The zero-order chi connectivity index (χ0) is 15.7. The van der Waals surface area contributed by atoms with Crippen LogP contribution in [-0.2, 0) is 6.42 Å². The van der Waals surface area contributed by atoms with E-state index in [0.29, 0.717) is 12.4 Å². The predicted octanol–water partition coefficient (Wildman–Crippen LogP) is 4.37. The Morgan fingerprint density at radius 2 is 1.29 bits per heavy atom. The molecular formula is C18H30O3. The normalized spacial score (nSPS) is 11.0. The Kier molecular flexibility index (Phi) is 8.21. The lowest BCUT2D eigenvalue weighted by Gasteiger charge is -2.11. The summed E-state index contributed by atoms with van der Waals surface area (Å²) in [5.41, 5.74) is 2.41. The second-order valence-corrected chi connectivity index (χ2v) is 5.96. The molecule has 0 aliphatic rings. The minimum Gasteiger partial charge on any atom is -0.508 e. The van der Waals surface area contributed by atoms with Crippen molar-refractivity contribution in [1.82, 2.24) is 0 Å². The van der Waals surface area contributed by atoms with Crippen molar-refractivity contribution >= 4 is 0 Å². The fourth-order valence-electron chi connectivity index (χ4n) is 2.63. The van der Waals surface area contributed by atoms with Gasteiger partial charge in [0.25, 0.3) is 0 Å². The smallest absolute Gasteiger partial charge is 0.122 e. The standard InChI is InChI=1S/C18H30O3/c1-14-15(2)18(21)16(13-17(14)20)11-9-7-5-3-4-6-8-10-12-19/h13,19-21H,3-12H2,1-2H3.